The molecule has 2 atom stereocenters. The van der Waals surface area contributed by atoms with Crippen LogP contribution in [0.2, 0.25) is 0 Å². The molecule has 0 radical (unpaired) electrons. The molecule has 2 unspecified atom stereocenters. The van der Waals surface area contributed by atoms with Crippen LogP contribution >= 0.6 is 0 Å². The second-order valence-corrected chi connectivity index (χ2v) is 8.43. The molecule has 3 aromatic rings. The van der Waals surface area contributed by atoms with Crippen LogP contribution in [-0.4, -0.2) is 21.6 Å². The first-order valence-corrected chi connectivity index (χ1v) is 10.3. The van der Waals surface area contributed by atoms with E-state index in [0.29, 0.717) is 11.1 Å². The van der Waals surface area contributed by atoms with E-state index < -0.39 is 23.3 Å². The zero-order valence-electron chi connectivity index (χ0n) is 16.5. The minimum atomic E-state index is -1.76. The van der Waals surface area contributed by atoms with Gasteiger partial charge in [-0.05, 0) is 16.7 Å². The van der Waals surface area contributed by atoms with Gasteiger partial charge in [0.25, 0.3) is 5.54 Å². The lowest BCUT2D eigenvalue weighted by Crippen LogP contribution is -2.57. The van der Waals surface area contributed by atoms with Crippen molar-refractivity contribution < 1.29 is 14.5 Å². The monoisotopic (exact) mass is 410 g/mol. The van der Waals surface area contributed by atoms with Crippen LogP contribution in [0, 0.1) is 22.0 Å². The molecule has 0 saturated carbocycles. The fraction of sp³-hybridized carbons (Fsp3) is 0.200. The molecule has 1 fully saturated rings. The molecule has 7 rings (SSSR count). The van der Waals surface area contributed by atoms with Crippen molar-refractivity contribution in [1.82, 2.24) is 4.90 Å². The number of benzene rings is 3. The van der Waals surface area contributed by atoms with E-state index in [1.807, 2.05) is 54.6 Å². The number of likely N-dealkylation sites (tertiary alicyclic amines) is 1. The van der Waals surface area contributed by atoms with Crippen LogP contribution in [0.5, 0.6) is 0 Å². The molecular weight excluding hydrogens is 392 g/mol. The van der Waals surface area contributed by atoms with Gasteiger partial charge >= 0.3 is 0 Å². The predicted octanol–water partition coefficient (Wildman–Crippen LogP) is 3.47. The molecule has 152 valence electrons. The Hall–Kier alpha value is -3.80. The topological polar surface area (TPSA) is 80.5 Å². The van der Waals surface area contributed by atoms with Crippen molar-refractivity contribution in [2.75, 3.05) is 0 Å². The Morgan fingerprint density at radius 1 is 0.806 bits per heavy atom. The number of amides is 2. The highest BCUT2D eigenvalue weighted by Crippen LogP contribution is 2.64. The van der Waals surface area contributed by atoms with Crippen molar-refractivity contribution in [3.8, 4) is 0 Å². The van der Waals surface area contributed by atoms with E-state index in [-0.39, 0.29) is 23.3 Å². The van der Waals surface area contributed by atoms with Crippen LogP contribution in [0.1, 0.15) is 33.7 Å². The van der Waals surface area contributed by atoms with Gasteiger partial charge in [0.2, 0.25) is 11.8 Å². The summed E-state index contributed by atoms with van der Waals surface area (Å²) in [5.41, 5.74) is 1.69. The summed E-state index contributed by atoms with van der Waals surface area (Å²) in [4.78, 5) is 41.0. The van der Waals surface area contributed by atoms with Crippen molar-refractivity contribution in [3.05, 3.63) is 117 Å². The molecule has 31 heavy (non-hydrogen) atoms. The molecule has 3 aliphatic carbocycles. The molecular formula is C25H18N2O4. The maximum Gasteiger partial charge on any atom is 0.284 e. The lowest BCUT2D eigenvalue weighted by atomic mass is 9.51. The van der Waals surface area contributed by atoms with E-state index in [9.17, 15) is 19.7 Å². The molecule has 6 heteroatoms. The molecule has 1 heterocycles. The molecule has 0 aromatic heterocycles. The number of rotatable bonds is 3. The van der Waals surface area contributed by atoms with Gasteiger partial charge in [0, 0.05) is 22.0 Å². The van der Waals surface area contributed by atoms with Gasteiger partial charge in [0.05, 0.1) is 12.5 Å². The SMILES string of the molecule is O=C1C2C3c4ccccc4C([N+](=O)[O-])(c4ccccc43)C2C(=O)N1Cc1ccccc1. The van der Waals surface area contributed by atoms with Crippen LogP contribution in [0.25, 0.3) is 0 Å². The Morgan fingerprint density at radius 3 is 1.94 bits per heavy atom. The molecule has 4 aliphatic rings. The van der Waals surface area contributed by atoms with Crippen molar-refractivity contribution >= 4 is 11.8 Å². The Kier molecular flexibility index (Phi) is 3.55. The average Bonchev–Trinajstić information content (AvgIpc) is 3.05. The first-order chi connectivity index (χ1) is 15.1. The maximum absolute atomic E-state index is 13.7. The van der Waals surface area contributed by atoms with Crippen molar-refractivity contribution in [1.29, 1.82) is 0 Å². The van der Waals surface area contributed by atoms with E-state index in [0.717, 1.165) is 16.7 Å². The summed E-state index contributed by atoms with van der Waals surface area (Å²) in [6, 6.07) is 23.7. The van der Waals surface area contributed by atoms with Gasteiger partial charge in [-0.15, -0.1) is 0 Å². The summed E-state index contributed by atoms with van der Waals surface area (Å²) in [6.45, 7) is 0.124. The molecule has 1 saturated heterocycles. The Labute approximate surface area is 178 Å². The number of imide groups is 1. The van der Waals surface area contributed by atoms with Gasteiger partial charge in [-0.1, -0.05) is 78.9 Å². The predicted molar refractivity (Wildman–Crippen MR) is 111 cm³/mol. The second kappa shape index (κ2) is 6.11. The molecule has 3 aromatic carbocycles. The molecule has 6 nitrogen and oxygen atoms in total. The highest BCUT2D eigenvalue weighted by molar-refractivity contribution is 6.08. The fourth-order valence-electron chi connectivity index (χ4n) is 6.02. The lowest BCUT2D eigenvalue weighted by molar-refractivity contribution is -0.578. The first kappa shape index (κ1) is 18.0. The largest absolute Gasteiger partial charge is 0.284 e. The van der Waals surface area contributed by atoms with E-state index in [1.165, 1.54) is 4.90 Å². The Morgan fingerprint density at radius 2 is 1.35 bits per heavy atom. The summed E-state index contributed by atoms with van der Waals surface area (Å²) >= 11 is 0. The molecule has 0 spiro atoms. The van der Waals surface area contributed by atoms with Crippen molar-refractivity contribution in [3.63, 3.8) is 0 Å². The zero-order valence-corrected chi connectivity index (χ0v) is 16.5. The van der Waals surface area contributed by atoms with E-state index in [2.05, 4.69) is 0 Å². The van der Waals surface area contributed by atoms with Crippen molar-refractivity contribution in [2.24, 2.45) is 11.8 Å². The molecule has 0 N–H and O–H groups in total. The first-order valence-electron chi connectivity index (χ1n) is 10.3. The summed E-state index contributed by atoms with van der Waals surface area (Å²) in [7, 11) is 0. The third kappa shape index (κ3) is 2.06. The van der Waals surface area contributed by atoms with Gasteiger partial charge in [0.1, 0.15) is 5.92 Å². The van der Waals surface area contributed by atoms with E-state index in [4.69, 9.17) is 0 Å². The smallest absolute Gasteiger partial charge is 0.277 e. The number of hydrogen-bond donors (Lipinski definition) is 0. The van der Waals surface area contributed by atoms with Crippen LogP contribution in [0.3, 0.4) is 0 Å². The summed E-state index contributed by atoms with van der Waals surface area (Å²) in [5.74, 6) is -2.96. The number of nitrogens with zero attached hydrogens (tertiary/aromatic N) is 2. The average molecular weight is 410 g/mol. The highest BCUT2D eigenvalue weighted by atomic mass is 16.6. The van der Waals surface area contributed by atoms with E-state index in [1.54, 1.807) is 24.3 Å². The Bertz CT molecular complexity index is 1220. The zero-order chi connectivity index (χ0) is 21.3. The molecule has 2 amide bonds. The number of nitro groups is 1. The quantitative estimate of drug-likeness (QED) is 0.376. The summed E-state index contributed by atoms with van der Waals surface area (Å²) in [5, 5.41) is 12.8. The second-order valence-electron chi connectivity index (χ2n) is 8.43. The lowest BCUT2D eigenvalue weighted by Gasteiger charge is -2.48. The van der Waals surface area contributed by atoms with Gasteiger partial charge in [-0.3, -0.25) is 24.6 Å². The van der Waals surface area contributed by atoms with Gasteiger partial charge in [-0.25, -0.2) is 0 Å². The summed E-state index contributed by atoms with van der Waals surface area (Å²) < 4.78 is 0. The van der Waals surface area contributed by atoms with Crippen molar-refractivity contribution in [2.45, 2.75) is 18.0 Å². The molecule has 1 aliphatic heterocycles. The number of carbonyl (C=O) groups is 2. The van der Waals surface area contributed by atoms with Gasteiger partial charge in [0.15, 0.2) is 0 Å². The third-order valence-corrected chi connectivity index (χ3v) is 7.14. The summed E-state index contributed by atoms with van der Waals surface area (Å²) in [6.07, 6.45) is 0. The standard InChI is InChI=1S/C25H18N2O4/c28-23-21-20-16-10-4-6-12-18(16)25(27(30)31,19-13-7-5-11-17(19)20)22(21)24(29)26(23)14-15-8-2-1-3-9-15/h1-13,20-22H,14H2. The van der Waals surface area contributed by atoms with Gasteiger partial charge < -0.3 is 0 Å². The van der Waals surface area contributed by atoms with Crippen LogP contribution in [0.15, 0.2) is 78.9 Å². The number of carbonyl (C=O) groups excluding carboxylic acids is 2. The Balaban J connectivity index is 1.61. The minimum Gasteiger partial charge on any atom is -0.277 e. The maximum atomic E-state index is 13.7. The van der Waals surface area contributed by atoms with Crippen LogP contribution < -0.4 is 0 Å². The van der Waals surface area contributed by atoms with Crippen LogP contribution in [-0.2, 0) is 21.7 Å². The third-order valence-electron chi connectivity index (χ3n) is 7.14. The molecule has 2 bridgehead atoms. The van der Waals surface area contributed by atoms with Crippen LogP contribution in [0.4, 0.5) is 0 Å². The highest BCUT2D eigenvalue weighted by Gasteiger charge is 2.74. The minimum absolute atomic E-state index is 0.124. The van der Waals surface area contributed by atoms with E-state index >= 15 is 0 Å². The number of hydrogen-bond acceptors (Lipinski definition) is 4. The fourth-order valence-corrected chi connectivity index (χ4v) is 6.02. The van der Waals surface area contributed by atoms with Gasteiger partial charge in [-0.2, -0.15) is 0 Å². The normalized spacial score (nSPS) is 27.6.